The number of halogens is 2. The Kier molecular flexibility index (Phi) is 8.70. The van der Waals surface area contributed by atoms with Crippen LogP contribution in [-0.2, 0) is 26.2 Å². The summed E-state index contributed by atoms with van der Waals surface area (Å²) in [5.41, 5.74) is 1.88. The molecule has 7 nitrogen and oxygen atoms in total. The quantitative estimate of drug-likeness (QED) is 0.449. The normalized spacial score (nSPS) is 12.0. The van der Waals surface area contributed by atoms with Gasteiger partial charge in [-0.15, -0.1) is 0 Å². The van der Waals surface area contributed by atoms with Gasteiger partial charge in [0.2, 0.25) is 11.8 Å². The highest BCUT2D eigenvalue weighted by molar-refractivity contribution is 7.92. The molecule has 0 fully saturated rings. The van der Waals surface area contributed by atoms with Crippen LogP contribution in [0, 0.1) is 12.7 Å². The summed E-state index contributed by atoms with van der Waals surface area (Å²) in [5, 5.41) is 3.05. The molecule has 10 heteroatoms. The highest BCUT2D eigenvalue weighted by atomic mass is 35.5. The minimum absolute atomic E-state index is 0.0585. The van der Waals surface area contributed by atoms with Crippen LogP contribution in [0.5, 0.6) is 0 Å². The molecule has 0 aliphatic heterocycles. The van der Waals surface area contributed by atoms with Crippen LogP contribution in [0.1, 0.15) is 18.1 Å². The molecule has 0 aliphatic carbocycles. The first kappa shape index (κ1) is 27.2. The summed E-state index contributed by atoms with van der Waals surface area (Å²) in [6.45, 7) is 2.91. The first-order valence-corrected chi connectivity index (χ1v) is 12.9. The Bertz CT molecular complexity index is 1310. The smallest absolute Gasteiger partial charge is 0.264 e. The van der Waals surface area contributed by atoms with E-state index in [0.717, 1.165) is 34.1 Å². The summed E-state index contributed by atoms with van der Waals surface area (Å²) < 4.78 is 41.6. The van der Waals surface area contributed by atoms with Gasteiger partial charge in [0.05, 0.1) is 10.6 Å². The fraction of sp³-hybridized carbons (Fsp3) is 0.231. The Balaban J connectivity index is 2.01. The third kappa shape index (κ3) is 6.41. The second-order valence-corrected chi connectivity index (χ2v) is 10.5. The van der Waals surface area contributed by atoms with Crippen LogP contribution in [0.3, 0.4) is 0 Å². The van der Waals surface area contributed by atoms with Crippen LogP contribution >= 0.6 is 11.6 Å². The van der Waals surface area contributed by atoms with E-state index in [2.05, 4.69) is 5.32 Å². The van der Waals surface area contributed by atoms with Crippen molar-refractivity contribution in [2.24, 2.45) is 0 Å². The van der Waals surface area contributed by atoms with Crippen LogP contribution in [-0.4, -0.2) is 44.8 Å². The summed E-state index contributed by atoms with van der Waals surface area (Å²) in [6, 6.07) is 16.9. The predicted octanol–water partition coefficient (Wildman–Crippen LogP) is 4.15. The Morgan fingerprint density at radius 3 is 2.11 bits per heavy atom. The van der Waals surface area contributed by atoms with Crippen molar-refractivity contribution < 1.29 is 22.4 Å². The van der Waals surface area contributed by atoms with E-state index in [4.69, 9.17) is 11.6 Å². The van der Waals surface area contributed by atoms with Crippen molar-refractivity contribution in [1.29, 1.82) is 0 Å². The zero-order valence-corrected chi connectivity index (χ0v) is 21.7. The summed E-state index contributed by atoms with van der Waals surface area (Å²) >= 11 is 5.97. The summed E-state index contributed by atoms with van der Waals surface area (Å²) in [6.07, 6.45) is 0. The third-order valence-corrected chi connectivity index (χ3v) is 7.72. The fourth-order valence-corrected chi connectivity index (χ4v) is 5.09. The van der Waals surface area contributed by atoms with Crippen LogP contribution in [0.25, 0.3) is 0 Å². The number of carbonyl (C=O) groups excluding carboxylic acids is 2. The van der Waals surface area contributed by atoms with E-state index in [9.17, 15) is 22.4 Å². The zero-order chi connectivity index (χ0) is 26.5. The number of nitrogens with one attached hydrogen (secondary N) is 1. The molecule has 36 heavy (non-hydrogen) atoms. The van der Waals surface area contributed by atoms with Crippen molar-refractivity contribution >= 4 is 39.1 Å². The molecule has 0 unspecified atom stereocenters. The van der Waals surface area contributed by atoms with Gasteiger partial charge in [0.15, 0.2) is 0 Å². The average molecular weight is 532 g/mol. The molecule has 0 heterocycles. The van der Waals surface area contributed by atoms with Crippen molar-refractivity contribution in [3.8, 4) is 0 Å². The Labute approximate surface area is 215 Å². The number of likely N-dealkylation sites (N-methyl/N-ethyl adjacent to an activating group) is 1. The molecule has 0 aromatic heterocycles. The number of carbonyl (C=O) groups is 2. The highest BCUT2D eigenvalue weighted by Crippen LogP contribution is 2.25. The molecule has 1 atom stereocenters. The SMILES string of the molecule is CNC(=O)[C@H](C)N(Cc1ccc(Cl)cc1)C(=O)CN(c1ccc(C)cc1)S(=O)(=O)c1ccc(F)cc1. The monoisotopic (exact) mass is 531 g/mol. The molecule has 1 N–H and O–H groups in total. The van der Waals surface area contributed by atoms with Crippen molar-refractivity contribution in [2.75, 3.05) is 17.9 Å². The van der Waals surface area contributed by atoms with Crippen LogP contribution in [0.2, 0.25) is 5.02 Å². The standard InChI is InChI=1S/C26H27ClFN3O4S/c1-18-4-12-23(13-5-18)31(36(34,35)24-14-10-22(28)11-15-24)17-25(32)30(19(2)26(33)29-3)16-20-6-8-21(27)9-7-20/h4-15,19H,16-17H2,1-3H3,(H,29,33)/t19-/m0/s1. The van der Waals surface area contributed by atoms with Gasteiger partial charge in [-0.2, -0.15) is 0 Å². The van der Waals surface area contributed by atoms with Crippen molar-refractivity contribution in [3.63, 3.8) is 0 Å². The predicted molar refractivity (Wildman–Crippen MR) is 138 cm³/mol. The van der Waals surface area contributed by atoms with Gasteiger partial charge < -0.3 is 10.2 Å². The maximum atomic E-state index is 13.6. The zero-order valence-electron chi connectivity index (χ0n) is 20.1. The van der Waals surface area contributed by atoms with Crippen molar-refractivity contribution in [3.05, 3.63) is 94.8 Å². The van der Waals surface area contributed by atoms with E-state index in [0.29, 0.717) is 10.6 Å². The largest absolute Gasteiger partial charge is 0.357 e. The molecule has 190 valence electrons. The highest BCUT2D eigenvalue weighted by Gasteiger charge is 2.32. The van der Waals surface area contributed by atoms with Crippen LogP contribution in [0.15, 0.2) is 77.7 Å². The Morgan fingerprint density at radius 2 is 1.56 bits per heavy atom. The molecule has 0 saturated carbocycles. The van der Waals surface area contributed by atoms with Gasteiger partial charge in [-0.25, -0.2) is 12.8 Å². The van der Waals surface area contributed by atoms with Gasteiger partial charge >= 0.3 is 0 Å². The van der Waals surface area contributed by atoms with Gasteiger partial charge in [-0.1, -0.05) is 41.4 Å². The van der Waals surface area contributed by atoms with Crippen molar-refractivity contribution in [2.45, 2.75) is 31.3 Å². The summed E-state index contributed by atoms with van der Waals surface area (Å²) in [7, 11) is -2.78. The number of sulfonamides is 1. The molecule has 0 saturated heterocycles. The first-order valence-electron chi connectivity index (χ1n) is 11.1. The minimum Gasteiger partial charge on any atom is -0.357 e. The lowest BCUT2D eigenvalue weighted by Gasteiger charge is -2.31. The molecule has 0 spiro atoms. The van der Waals surface area contributed by atoms with E-state index in [1.165, 1.54) is 11.9 Å². The lowest BCUT2D eigenvalue weighted by molar-refractivity contribution is -0.139. The molecule has 3 rings (SSSR count). The van der Waals surface area contributed by atoms with Crippen LogP contribution in [0.4, 0.5) is 10.1 Å². The third-order valence-electron chi connectivity index (χ3n) is 5.68. The summed E-state index contributed by atoms with van der Waals surface area (Å²) in [5.74, 6) is -1.58. The molecule has 2 amide bonds. The molecular formula is C26H27ClFN3O4S. The van der Waals surface area contributed by atoms with Crippen molar-refractivity contribution in [1.82, 2.24) is 10.2 Å². The van der Waals surface area contributed by atoms with E-state index in [1.54, 1.807) is 55.5 Å². The second kappa shape index (κ2) is 11.5. The van der Waals surface area contributed by atoms with Gasteiger partial charge in [0.1, 0.15) is 18.4 Å². The van der Waals surface area contributed by atoms with Crippen LogP contribution < -0.4 is 9.62 Å². The van der Waals surface area contributed by atoms with E-state index in [1.807, 2.05) is 6.92 Å². The van der Waals surface area contributed by atoms with Gasteiger partial charge in [0.25, 0.3) is 10.0 Å². The Morgan fingerprint density at radius 1 is 0.972 bits per heavy atom. The van der Waals surface area contributed by atoms with E-state index >= 15 is 0 Å². The summed E-state index contributed by atoms with van der Waals surface area (Å²) in [4.78, 5) is 27.2. The molecule has 0 bridgehead atoms. The molecule has 3 aromatic carbocycles. The van der Waals surface area contributed by atoms with Gasteiger partial charge in [0, 0.05) is 18.6 Å². The number of aryl methyl sites for hydroxylation is 1. The number of nitrogens with zero attached hydrogens (tertiary/aromatic N) is 2. The fourth-order valence-electron chi connectivity index (χ4n) is 3.55. The molecule has 0 aliphatic rings. The number of rotatable bonds is 9. The van der Waals surface area contributed by atoms with E-state index in [-0.39, 0.29) is 17.1 Å². The van der Waals surface area contributed by atoms with Gasteiger partial charge in [-0.05, 0) is 67.9 Å². The number of hydrogen-bond donors (Lipinski definition) is 1. The number of anilines is 1. The first-order chi connectivity index (χ1) is 17.0. The molecule has 0 radical (unpaired) electrons. The average Bonchev–Trinajstić information content (AvgIpc) is 2.86. The molecule has 3 aromatic rings. The lowest BCUT2D eigenvalue weighted by Crippen LogP contribution is -2.50. The lowest BCUT2D eigenvalue weighted by atomic mass is 10.1. The van der Waals surface area contributed by atoms with E-state index < -0.39 is 40.2 Å². The number of hydrogen-bond acceptors (Lipinski definition) is 4. The second-order valence-electron chi connectivity index (χ2n) is 8.24. The Hall–Kier alpha value is -3.43. The maximum absolute atomic E-state index is 13.6. The topological polar surface area (TPSA) is 86.8 Å². The maximum Gasteiger partial charge on any atom is 0.264 e. The van der Waals surface area contributed by atoms with Gasteiger partial charge in [-0.3, -0.25) is 13.9 Å². The number of amides is 2. The minimum atomic E-state index is -4.24. The number of benzene rings is 3. The molecular weight excluding hydrogens is 505 g/mol.